The zero-order chi connectivity index (χ0) is 18.9. The molecule has 0 amide bonds. The number of carbonyl (C=O) groups excluding carboxylic acids is 1. The summed E-state index contributed by atoms with van der Waals surface area (Å²) in [5, 5.41) is 1.59. The fraction of sp³-hybridized carbons (Fsp3) is 0.238. The quantitative estimate of drug-likeness (QED) is 0.581. The smallest absolute Gasteiger partial charge is 0.338 e. The zero-order valence-electron chi connectivity index (χ0n) is 15.0. The number of nitrogens with zero attached hydrogens (tertiary/aromatic N) is 1. The van der Waals surface area contributed by atoms with Crippen molar-refractivity contribution in [1.29, 1.82) is 0 Å². The molecule has 0 unspecified atom stereocenters. The Morgan fingerprint density at radius 1 is 1.08 bits per heavy atom. The fourth-order valence-corrected chi connectivity index (χ4v) is 3.02. The molecule has 0 saturated heterocycles. The van der Waals surface area contributed by atoms with Gasteiger partial charge in [0.25, 0.3) is 5.56 Å². The third kappa shape index (κ3) is 4.22. The maximum absolute atomic E-state index is 12.7. The molecule has 0 spiro atoms. The Balaban J connectivity index is 1.83. The highest BCUT2D eigenvalue weighted by atomic mass is 79.9. The van der Waals surface area contributed by atoms with Crippen LogP contribution >= 0.6 is 15.9 Å². The molecular weight excluding hydrogens is 394 g/mol. The summed E-state index contributed by atoms with van der Waals surface area (Å²) in [4.78, 5) is 24.8. The number of halogens is 1. The van der Waals surface area contributed by atoms with Crippen molar-refractivity contribution < 1.29 is 9.53 Å². The van der Waals surface area contributed by atoms with Gasteiger partial charge in [0.2, 0.25) is 0 Å². The molecule has 0 radical (unpaired) electrons. The van der Waals surface area contributed by atoms with Crippen LogP contribution in [-0.2, 0) is 11.3 Å². The highest BCUT2D eigenvalue weighted by molar-refractivity contribution is 9.10. The van der Waals surface area contributed by atoms with E-state index < -0.39 is 5.60 Å². The first-order chi connectivity index (χ1) is 12.2. The normalized spacial score (nSPS) is 11.5. The summed E-state index contributed by atoms with van der Waals surface area (Å²) >= 11 is 3.41. The van der Waals surface area contributed by atoms with Crippen LogP contribution < -0.4 is 5.56 Å². The lowest BCUT2D eigenvalue weighted by Gasteiger charge is -2.19. The number of fused-ring (bicyclic) bond motifs is 1. The third-order valence-corrected chi connectivity index (χ3v) is 4.38. The van der Waals surface area contributed by atoms with Crippen LogP contribution in [0.1, 0.15) is 36.7 Å². The Kier molecular flexibility index (Phi) is 5.01. The van der Waals surface area contributed by atoms with Crippen LogP contribution in [0, 0.1) is 0 Å². The molecule has 0 aliphatic rings. The van der Waals surface area contributed by atoms with Crippen molar-refractivity contribution in [3.63, 3.8) is 0 Å². The second kappa shape index (κ2) is 7.08. The van der Waals surface area contributed by atoms with Gasteiger partial charge in [0.1, 0.15) is 5.60 Å². The zero-order valence-corrected chi connectivity index (χ0v) is 16.5. The molecule has 1 aromatic heterocycles. The van der Waals surface area contributed by atoms with Crippen LogP contribution in [0.3, 0.4) is 0 Å². The first-order valence-corrected chi connectivity index (χ1v) is 9.13. The first kappa shape index (κ1) is 18.4. The number of aromatic nitrogens is 1. The first-order valence-electron chi connectivity index (χ1n) is 8.34. The van der Waals surface area contributed by atoms with Crippen LogP contribution in [0.2, 0.25) is 0 Å². The van der Waals surface area contributed by atoms with E-state index in [-0.39, 0.29) is 11.5 Å². The van der Waals surface area contributed by atoms with E-state index >= 15 is 0 Å². The van der Waals surface area contributed by atoms with E-state index in [0.29, 0.717) is 17.5 Å². The highest BCUT2D eigenvalue weighted by Crippen LogP contribution is 2.17. The van der Waals surface area contributed by atoms with Crippen molar-refractivity contribution in [2.45, 2.75) is 32.9 Å². The second-order valence-corrected chi connectivity index (χ2v) is 8.09. The SMILES string of the molecule is CC(C)(C)OC(=O)c1ccc(Cn2ccc3ccc(Br)cc3c2=O)cc1. The Bertz CT molecular complexity index is 1010. The monoisotopic (exact) mass is 413 g/mol. The number of esters is 1. The molecule has 3 aromatic rings. The van der Waals surface area contributed by atoms with Crippen LogP contribution in [0.5, 0.6) is 0 Å². The van der Waals surface area contributed by atoms with Crippen molar-refractivity contribution in [1.82, 2.24) is 4.57 Å². The topological polar surface area (TPSA) is 48.3 Å². The summed E-state index contributed by atoms with van der Waals surface area (Å²) in [6, 6.07) is 14.7. The summed E-state index contributed by atoms with van der Waals surface area (Å²) in [6.07, 6.45) is 1.79. The van der Waals surface area contributed by atoms with Gasteiger partial charge in [-0.05, 0) is 62.1 Å². The third-order valence-electron chi connectivity index (χ3n) is 3.88. The van der Waals surface area contributed by atoms with E-state index in [4.69, 9.17) is 4.74 Å². The molecule has 0 aliphatic carbocycles. The van der Waals surface area contributed by atoms with E-state index in [0.717, 1.165) is 15.4 Å². The number of hydrogen-bond acceptors (Lipinski definition) is 3. The van der Waals surface area contributed by atoms with Gasteiger partial charge >= 0.3 is 5.97 Å². The average Bonchev–Trinajstić information content (AvgIpc) is 2.57. The summed E-state index contributed by atoms with van der Waals surface area (Å²) in [5.41, 5.74) is 0.870. The number of pyridine rings is 1. The maximum atomic E-state index is 12.7. The van der Waals surface area contributed by atoms with Gasteiger partial charge in [0.15, 0.2) is 0 Å². The van der Waals surface area contributed by atoms with Gasteiger partial charge in [-0.3, -0.25) is 4.79 Å². The Labute approximate surface area is 160 Å². The molecule has 3 rings (SSSR count). The summed E-state index contributed by atoms with van der Waals surface area (Å²) in [6.45, 7) is 5.95. The largest absolute Gasteiger partial charge is 0.456 e. The molecule has 0 atom stereocenters. The Morgan fingerprint density at radius 2 is 1.77 bits per heavy atom. The predicted octanol–water partition coefficient (Wildman–Crippen LogP) is 4.77. The lowest BCUT2D eigenvalue weighted by molar-refractivity contribution is 0.00695. The highest BCUT2D eigenvalue weighted by Gasteiger charge is 2.17. The molecule has 5 heteroatoms. The summed E-state index contributed by atoms with van der Waals surface area (Å²) < 4.78 is 7.90. The van der Waals surface area contributed by atoms with E-state index in [1.165, 1.54) is 0 Å². The molecular formula is C21H20BrNO3. The minimum absolute atomic E-state index is 0.0416. The van der Waals surface area contributed by atoms with Crippen LogP contribution in [0.25, 0.3) is 10.8 Å². The van der Waals surface area contributed by atoms with Gasteiger partial charge in [-0.1, -0.05) is 34.1 Å². The van der Waals surface area contributed by atoms with Crippen LogP contribution in [0.15, 0.2) is 64.0 Å². The molecule has 26 heavy (non-hydrogen) atoms. The van der Waals surface area contributed by atoms with E-state index in [1.807, 2.05) is 57.2 Å². The van der Waals surface area contributed by atoms with Gasteiger partial charge < -0.3 is 9.30 Å². The molecule has 0 fully saturated rings. The van der Waals surface area contributed by atoms with Gasteiger partial charge in [-0.25, -0.2) is 4.79 Å². The Morgan fingerprint density at radius 3 is 2.42 bits per heavy atom. The molecule has 0 N–H and O–H groups in total. The number of ether oxygens (including phenoxy) is 1. The number of rotatable bonds is 3. The van der Waals surface area contributed by atoms with Gasteiger partial charge in [0.05, 0.1) is 12.1 Å². The molecule has 4 nitrogen and oxygen atoms in total. The minimum atomic E-state index is -0.525. The van der Waals surface area contributed by atoms with Crippen LogP contribution in [-0.4, -0.2) is 16.1 Å². The fourth-order valence-electron chi connectivity index (χ4n) is 2.66. The Hall–Kier alpha value is -2.40. The molecule has 2 aromatic carbocycles. The van der Waals surface area contributed by atoms with Gasteiger partial charge in [-0.2, -0.15) is 0 Å². The van der Waals surface area contributed by atoms with Crippen molar-refractivity contribution in [3.8, 4) is 0 Å². The minimum Gasteiger partial charge on any atom is -0.456 e. The molecule has 1 heterocycles. The molecule has 134 valence electrons. The lowest BCUT2D eigenvalue weighted by atomic mass is 10.1. The molecule has 0 bridgehead atoms. The van der Waals surface area contributed by atoms with Crippen molar-refractivity contribution in [3.05, 3.63) is 80.7 Å². The predicted molar refractivity (Wildman–Crippen MR) is 107 cm³/mol. The maximum Gasteiger partial charge on any atom is 0.338 e. The lowest BCUT2D eigenvalue weighted by Crippen LogP contribution is -2.24. The van der Waals surface area contributed by atoms with E-state index in [9.17, 15) is 9.59 Å². The summed E-state index contributed by atoms with van der Waals surface area (Å²) in [5.74, 6) is -0.350. The van der Waals surface area contributed by atoms with Crippen LogP contribution in [0.4, 0.5) is 0 Å². The molecule has 0 saturated carbocycles. The van der Waals surface area contributed by atoms with Gasteiger partial charge in [0, 0.05) is 16.1 Å². The molecule has 0 aliphatic heterocycles. The number of hydrogen-bond donors (Lipinski definition) is 0. The standard InChI is InChI=1S/C21H20BrNO3/c1-21(2,3)26-20(25)16-6-4-14(5-7-16)13-23-11-10-15-8-9-17(22)12-18(15)19(23)24/h4-12H,13H2,1-3H3. The number of carbonyl (C=O) groups is 1. The summed E-state index contributed by atoms with van der Waals surface area (Å²) in [7, 11) is 0. The van der Waals surface area contributed by atoms with E-state index in [2.05, 4.69) is 15.9 Å². The van der Waals surface area contributed by atoms with E-state index in [1.54, 1.807) is 22.9 Å². The van der Waals surface area contributed by atoms with Crippen molar-refractivity contribution in [2.75, 3.05) is 0 Å². The van der Waals surface area contributed by atoms with Crippen molar-refractivity contribution in [2.24, 2.45) is 0 Å². The second-order valence-electron chi connectivity index (χ2n) is 7.18. The van der Waals surface area contributed by atoms with Gasteiger partial charge in [-0.15, -0.1) is 0 Å². The van der Waals surface area contributed by atoms with Crippen molar-refractivity contribution >= 4 is 32.7 Å². The number of benzene rings is 2. The average molecular weight is 414 g/mol.